The van der Waals surface area contributed by atoms with Crippen LogP contribution in [0.4, 0.5) is 0 Å². The molecular formula is C17H27NO. The molecule has 1 aliphatic rings. The molecule has 106 valence electrons. The van der Waals surface area contributed by atoms with Crippen LogP contribution in [0.15, 0.2) is 18.2 Å². The van der Waals surface area contributed by atoms with Crippen molar-refractivity contribution < 1.29 is 4.74 Å². The lowest BCUT2D eigenvalue weighted by Gasteiger charge is -2.31. The third-order valence-electron chi connectivity index (χ3n) is 4.45. The van der Waals surface area contributed by atoms with Crippen molar-refractivity contribution >= 4 is 0 Å². The molecule has 2 rings (SSSR count). The van der Waals surface area contributed by atoms with Gasteiger partial charge in [-0.25, -0.2) is 0 Å². The van der Waals surface area contributed by atoms with Crippen LogP contribution in [-0.2, 0) is 6.42 Å². The zero-order valence-electron chi connectivity index (χ0n) is 12.8. The van der Waals surface area contributed by atoms with E-state index in [0.29, 0.717) is 11.5 Å². The lowest BCUT2D eigenvalue weighted by atomic mass is 9.85. The number of aryl methyl sites for hydroxylation is 1. The molecular weight excluding hydrogens is 234 g/mol. The van der Waals surface area contributed by atoms with Gasteiger partial charge in [0.1, 0.15) is 5.75 Å². The summed E-state index contributed by atoms with van der Waals surface area (Å²) in [6.45, 7) is 8.00. The number of ether oxygens (including phenoxy) is 1. The van der Waals surface area contributed by atoms with Crippen molar-refractivity contribution in [3.05, 3.63) is 29.3 Å². The first-order valence-corrected chi connectivity index (χ1v) is 7.46. The van der Waals surface area contributed by atoms with Crippen LogP contribution in [0, 0.1) is 5.41 Å². The fraction of sp³-hybridized carbons (Fsp3) is 0.647. The molecule has 0 aromatic heterocycles. The zero-order chi connectivity index (χ0) is 13.9. The van der Waals surface area contributed by atoms with E-state index >= 15 is 0 Å². The molecule has 0 spiro atoms. The van der Waals surface area contributed by atoms with E-state index < -0.39 is 0 Å². The minimum Gasteiger partial charge on any atom is -0.497 e. The molecule has 0 saturated heterocycles. The number of hydrogen-bond acceptors (Lipinski definition) is 2. The van der Waals surface area contributed by atoms with E-state index in [-0.39, 0.29) is 0 Å². The van der Waals surface area contributed by atoms with Crippen LogP contribution < -0.4 is 10.1 Å². The second kappa shape index (κ2) is 5.96. The molecule has 0 fully saturated rings. The van der Waals surface area contributed by atoms with Gasteiger partial charge in [-0.1, -0.05) is 26.8 Å². The van der Waals surface area contributed by atoms with Gasteiger partial charge < -0.3 is 10.1 Å². The van der Waals surface area contributed by atoms with Gasteiger partial charge in [-0.3, -0.25) is 0 Å². The number of fused-ring (bicyclic) bond motifs is 1. The molecule has 1 aromatic carbocycles. The topological polar surface area (TPSA) is 21.3 Å². The van der Waals surface area contributed by atoms with Gasteiger partial charge in [0.25, 0.3) is 0 Å². The first-order chi connectivity index (χ1) is 9.05. The predicted octanol–water partition coefficient (Wildman–Crippen LogP) is 4.10. The Labute approximate surface area is 117 Å². The largest absolute Gasteiger partial charge is 0.497 e. The Morgan fingerprint density at radius 3 is 2.84 bits per heavy atom. The Morgan fingerprint density at radius 1 is 1.37 bits per heavy atom. The number of nitrogens with one attached hydrogen (secondary N) is 1. The predicted molar refractivity (Wildman–Crippen MR) is 80.7 cm³/mol. The van der Waals surface area contributed by atoms with E-state index in [4.69, 9.17) is 4.74 Å². The third-order valence-corrected chi connectivity index (χ3v) is 4.45. The van der Waals surface area contributed by atoms with E-state index in [1.54, 1.807) is 7.11 Å². The first kappa shape index (κ1) is 14.4. The van der Waals surface area contributed by atoms with E-state index in [0.717, 1.165) is 12.3 Å². The number of rotatable bonds is 5. The van der Waals surface area contributed by atoms with E-state index in [9.17, 15) is 0 Å². The van der Waals surface area contributed by atoms with Crippen LogP contribution in [0.5, 0.6) is 5.75 Å². The number of hydrogen-bond donors (Lipinski definition) is 1. The first-order valence-electron chi connectivity index (χ1n) is 7.46. The molecule has 1 N–H and O–H groups in total. The highest BCUT2D eigenvalue weighted by molar-refractivity contribution is 5.39. The van der Waals surface area contributed by atoms with Gasteiger partial charge in [-0.2, -0.15) is 0 Å². The van der Waals surface area contributed by atoms with Crippen LogP contribution in [0.2, 0.25) is 0 Å². The lowest BCUT2D eigenvalue weighted by Crippen LogP contribution is -2.33. The van der Waals surface area contributed by atoms with Crippen molar-refractivity contribution in [2.45, 2.75) is 52.5 Å². The summed E-state index contributed by atoms with van der Waals surface area (Å²) < 4.78 is 5.37. The van der Waals surface area contributed by atoms with Gasteiger partial charge in [0.05, 0.1) is 7.11 Å². The average Bonchev–Trinajstić information content (AvgIpc) is 2.44. The molecule has 0 saturated carbocycles. The van der Waals surface area contributed by atoms with Crippen LogP contribution in [0.3, 0.4) is 0 Å². The second-order valence-corrected chi connectivity index (χ2v) is 6.41. The summed E-state index contributed by atoms with van der Waals surface area (Å²) in [6, 6.07) is 7.01. The van der Waals surface area contributed by atoms with Gasteiger partial charge in [-0.05, 0) is 54.4 Å². The maximum absolute atomic E-state index is 5.37. The van der Waals surface area contributed by atoms with Crippen molar-refractivity contribution in [1.29, 1.82) is 0 Å². The SMILES string of the molecule is CCC(C)(C)CNC1CCCc2ccc(OC)cc21. The second-order valence-electron chi connectivity index (χ2n) is 6.41. The van der Waals surface area contributed by atoms with Crippen molar-refractivity contribution in [3.8, 4) is 5.75 Å². The molecule has 0 heterocycles. The summed E-state index contributed by atoms with van der Waals surface area (Å²) in [4.78, 5) is 0. The van der Waals surface area contributed by atoms with Gasteiger partial charge in [-0.15, -0.1) is 0 Å². The Balaban J connectivity index is 2.12. The smallest absolute Gasteiger partial charge is 0.119 e. The minimum atomic E-state index is 0.372. The Hall–Kier alpha value is -1.02. The summed E-state index contributed by atoms with van der Waals surface area (Å²) in [6.07, 6.45) is 4.93. The van der Waals surface area contributed by atoms with Gasteiger partial charge in [0, 0.05) is 12.6 Å². The van der Waals surface area contributed by atoms with Crippen LogP contribution >= 0.6 is 0 Å². The molecule has 1 atom stereocenters. The zero-order valence-corrected chi connectivity index (χ0v) is 12.8. The fourth-order valence-electron chi connectivity index (χ4n) is 2.64. The van der Waals surface area contributed by atoms with Crippen molar-refractivity contribution in [2.24, 2.45) is 5.41 Å². The van der Waals surface area contributed by atoms with Gasteiger partial charge >= 0.3 is 0 Å². The molecule has 2 nitrogen and oxygen atoms in total. The lowest BCUT2D eigenvalue weighted by molar-refractivity contribution is 0.299. The molecule has 1 unspecified atom stereocenters. The summed E-state index contributed by atoms with van der Waals surface area (Å²) in [7, 11) is 1.74. The molecule has 2 heteroatoms. The normalized spacial score (nSPS) is 19.1. The van der Waals surface area contributed by atoms with Crippen LogP contribution in [0.1, 0.15) is 57.2 Å². The summed E-state index contributed by atoms with van der Waals surface area (Å²) in [5.74, 6) is 0.974. The highest BCUT2D eigenvalue weighted by Crippen LogP contribution is 2.33. The van der Waals surface area contributed by atoms with Crippen LogP contribution in [-0.4, -0.2) is 13.7 Å². The molecule has 1 aromatic rings. The maximum Gasteiger partial charge on any atom is 0.119 e. The number of benzene rings is 1. The van der Waals surface area contributed by atoms with Crippen LogP contribution in [0.25, 0.3) is 0 Å². The highest BCUT2D eigenvalue weighted by atomic mass is 16.5. The fourth-order valence-corrected chi connectivity index (χ4v) is 2.64. The Morgan fingerprint density at radius 2 is 2.16 bits per heavy atom. The van der Waals surface area contributed by atoms with Gasteiger partial charge in [0.15, 0.2) is 0 Å². The standard InChI is InChI=1S/C17H27NO/c1-5-17(2,3)12-18-16-8-6-7-13-9-10-14(19-4)11-15(13)16/h9-11,16,18H,5-8,12H2,1-4H3. The molecule has 0 radical (unpaired) electrons. The maximum atomic E-state index is 5.37. The Bertz CT molecular complexity index is 425. The third kappa shape index (κ3) is 3.50. The summed E-state index contributed by atoms with van der Waals surface area (Å²) >= 11 is 0. The van der Waals surface area contributed by atoms with E-state index in [2.05, 4.69) is 44.3 Å². The monoisotopic (exact) mass is 261 g/mol. The van der Waals surface area contributed by atoms with Crippen molar-refractivity contribution in [1.82, 2.24) is 5.32 Å². The number of methoxy groups -OCH3 is 1. The van der Waals surface area contributed by atoms with E-state index in [1.807, 2.05) is 0 Å². The molecule has 0 aliphatic heterocycles. The highest BCUT2D eigenvalue weighted by Gasteiger charge is 2.23. The summed E-state index contributed by atoms with van der Waals surface area (Å²) in [5, 5.41) is 3.76. The minimum absolute atomic E-state index is 0.372. The Kier molecular flexibility index (Phi) is 4.51. The molecule has 1 aliphatic carbocycles. The van der Waals surface area contributed by atoms with E-state index in [1.165, 1.54) is 36.8 Å². The van der Waals surface area contributed by atoms with Gasteiger partial charge in [0.2, 0.25) is 0 Å². The summed E-state index contributed by atoms with van der Waals surface area (Å²) in [5.41, 5.74) is 3.30. The molecule has 0 bridgehead atoms. The average molecular weight is 261 g/mol. The van der Waals surface area contributed by atoms with Crippen molar-refractivity contribution in [2.75, 3.05) is 13.7 Å². The van der Waals surface area contributed by atoms with Crippen molar-refractivity contribution in [3.63, 3.8) is 0 Å². The molecule has 0 amide bonds. The molecule has 19 heavy (non-hydrogen) atoms. The quantitative estimate of drug-likeness (QED) is 0.861.